The van der Waals surface area contributed by atoms with Crippen molar-refractivity contribution in [3.63, 3.8) is 0 Å². The summed E-state index contributed by atoms with van der Waals surface area (Å²) in [6, 6.07) is 17.1. The fraction of sp³-hybridized carbons (Fsp3) is 0.160. The van der Waals surface area contributed by atoms with E-state index in [0.717, 1.165) is 14.8 Å². The summed E-state index contributed by atoms with van der Waals surface area (Å²) < 4.78 is 12.4. The van der Waals surface area contributed by atoms with E-state index in [-0.39, 0.29) is 13.1 Å². The Morgan fingerprint density at radius 2 is 1.69 bits per heavy atom. The van der Waals surface area contributed by atoms with Crippen LogP contribution in [0.25, 0.3) is 5.69 Å². The molecule has 35 heavy (non-hydrogen) atoms. The summed E-state index contributed by atoms with van der Waals surface area (Å²) in [7, 11) is 3.05. The Morgan fingerprint density at radius 3 is 2.37 bits per heavy atom. The molecule has 10 nitrogen and oxygen atoms in total. The van der Waals surface area contributed by atoms with Gasteiger partial charge in [-0.05, 0) is 53.6 Å². The molecule has 4 rings (SSSR count). The summed E-state index contributed by atoms with van der Waals surface area (Å²) in [6.45, 7) is 0.0712. The van der Waals surface area contributed by atoms with Crippen LogP contribution in [0.15, 0.2) is 82.6 Å². The summed E-state index contributed by atoms with van der Waals surface area (Å²) >= 11 is 0. The zero-order valence-corrected chi connectivity index (χ0v) is 19.2. The number of carbonyl (C=O) groups excluding carboxylic acids is 1. The van der Waals surface area contributed by atoms with Gasteiger partial charge in [-0.25, -0.2) is 4.79 Å². The third kappa shape index (κ3) is 5.27. The van der Waals surface area contributed by atoms with E-state index >= 15 is 0 Å². The number of benzene rings is 2. The Labute approximate surface area is 200 Å². The van der Waals surface area contributed by atoms with Crippen molar-refractivity contribution in [3.8, 4) is 17.2 Å². The number of amides is 1. The minimum absolute atomic E-state index is 0.0730. The highest BCUT2D eigenvalue weighted by Crippen LogP contribution is 2.14. The van der Waals surface area contributed by atoms with Crippen LogP contribution in [0.3, 0.4) is 0 Å². The normalized spacial score (nSPS) is 10.6. The Kier molecular flexibility index (Phi) is 7.01. The predicted octanol–water partition coefficient (Wildman–Crippen LogP) is 1.78. The largest absolute Gasteiger partial charge is 0.497 e. The molecule has 0 bridgehead atoms. The molecule has 178 valence electrons. The number of hydrogen-bond donors (Lipinski definition) is 1. The average Bonchev–Trinajstić information content (AvgIpc) is 2.90. The van der Waals surface area contributed by atoms with Crippen molar-refractivity contribution in [2.24, 2.45) is 0 Å². The molecule has 0 radical (unpaired) electrons. The summed E-state index contributed by atoms with van der Waals surface area (Å²) in [6.07, 6.45) is 3.22. The van der Waals surface area contributed by atoms with E-state index in [0.29, 0.717) is 22.7 Å². The third-order valence-electron chi connectivity index (χ3n) is 5.24. The monoisotopic (exact) mass is 473 g/mol. The molecule has 1 amide bonds. The quantitative estimate of drug-likeness (QED) is 0.415. The molecule has 2 aromatic heterocycles. The second kappa shape index (κ2) is 10.5. The Hall–Kier alpha value is -4.73. The zero-order chi connectivity index (χ0) is 24.8. The van der Waals surface area contributed by atoms with Crippen molar-refractivity contribution in [2.45, 2.75) is 13.1 Å². The highest BCUT2D eigenvalue weighted by atomic mass is 16.5. The molecule has 0 spiro atoms. The van der Waals surface area contributed by atoms with Gasteiger partial charge in [0.15, 0.2) is 0 Å². The highest BCUT2D eigenvalue weighted by molar-refractivity contribution is 5.91. The van der Waals surface area contributed by atoms with Crippen LogP contribution in [-0.4, -0.2) is 39.5 Å². The van der Waals surface area contributed by atoms with Crippen molar-refractivity contribution in [2.75, 3.05) is 14.2 Å². The van der Waals surface area contributed by atoms with Crippen molar-refractivity contribution in [1.82, 2.24) is 24.6 Å². The van der Waals surface area contributed by atoms with Crippen LogP contribution >= 0.6 is 0 Å². The highest BCUT2D eigenvalue weighted by Gasteiger charge is 2.20. The second-order valence-electron chi connectivity index (χ2n) is 7.53. The molecule has 0 saturated carbocycles. The van der Waals surface area contributed by atoms with Gasteiger partial charge < -0.3 is 14.8 Å². The molecule has 0 saturated heterocycles. The van der Waals surface area contributed by atoms with Gasteiger partial charge in [-0.1, -0.05) is 18.2 Å². The molecule has 1 N–H and O–H groups in total. The summed E-state index contributed by atoms with van der Waals surface area (Å²) in [5.41, 5.74) is -0.124. The van der Waals surface area contributed by atoms with Gasteiger partial charge in [0.1, 0.15) is 11.5 Å². The molecule has 0 unspecified atom stereocenters. The van der Waals surface area contributed by atoms with Gasteiger partial charge in [-0.3, -0.25) is 19.1 Å². The van der Waals surface area contributed by atoms with Crippen molar-refractivity contribution < 1.29 is 14.3 Å². The van der Waals surface area contributed by atoms with Gasteiger partial charge in [-0.15, -0.1) is 0 Å². The molecule has 0 aliphatic rings. The number of ether oxygens (including phenoxy) is 2. The molecule has 2 aromatic carbocycles. The number of rotatable bonds is 8. The number of pyridine rings is 1. The van der Waals surface area contributed by atoms with Crippen LogP contribution in [0.1, 0.15) is 21.6 Å². The molecule has 0 aliphatic heterocycles. The molecule has 0 atom stereocenters. The topological polar surface area (TPSA) is 117 Å². The number of carbonyl (C=O) groups is 1. The first kappa shape index (κ1) is 23.4. The molecule has 4 aromatic rings. The maximum atomic E-state index is 13.3. The Bertz CT molecular complexity index is 1450. The van der Waals surface area contributed by atoms with Gasteiger partial charge >= 0.3 is 5.69 Å². The smallest absolute Gasteiger partial charge is 0.352 e. The van der Waals surface area contributed by atoms with Gasteiger partial charge in [-0.2, -0.15) is 9.78 Å². The first-order chi connectivity index (χ1) is 17.0. The first-order valence-electron chi connectivity index (χ1n) is 10.7. The SMILES string of the molecule is COc1ccc(-n2nc(C(=O)NCc3cccnc3)c(=O)n(Cc3cccc(OC)c3)c2=O)cc1. The van der Waals surface area contributed by atoms with E-state index in [1.807, 2.05) is 0 Å². The van der Waals surface area contributed by atoms with Gasteiger partial charge in [0.2, 0.25) is 5.69 Å². The molecule has 0 aliphatic carbocycles. The van der Waals surface area contributed by atoms with Crippen molar-refractivity contribution >= 4 is 5.91 Å². The average molecular weight is 473 g/mol. The molecule has 10 heteroatoms. The zero-order valence-electron chi connectivity index (χ0n) is 19.2. The predicted molar refractivity (Wildman–Crippen MR) is 128 cm³/mol. The maximum Gasteiger partial charge on any atom is 0.352 e. The molecule has 2 heterocycles. The van der Waals surface area contributed by atoms with Crippen LogP contribution in [0, 0.1) is 0 Å². The van der Waals surface area contributed by atoms with Crippen LogP contribution in [0.2, 0.25) is 0 Å². The Morgan fingerprint density at radius 1 is 0.943 bits per heavy atom. The van der Waals surface area contributed by atoms with Crippen LogP contribution in [0.4, 0.5) is 0 Å². The van der Waals surface area contributed by atoms with E-state index < -0.39 is 22.9 Å². The fourth-order valence-electron chi connectivity index (χ4n) is 3.41. The standard InChI is InChI=1S/C25H23N5O5/c1-34-20-10-8-19(9-11-20)30-25(33)29(16-17-5-3-7-21(13-17)35-2)24(32)22(28-30)23(31)27-15-18-6-4-12-26-14-18/h3-14H,15-16H2,1-2H3,(H,27,31). The van der Waals surface area contributed by atoms with Crippen LogP contribution < -0.4 is 26.0 Å². The number of nitrogens with zero attached hydrogens (tertiary/aromatic N) is 4. The third-order valence-corrected chi connectivity index (χ3v) is 5.24. The lowest BCUT2D eigenvalue weighted by atomic mass is 10.2. The minimum Gasteiger partial charge on any atom is -0.497 e. The van der Waals surface area contributed by atoms with Crippen molar-refractivity contribution in [3.05, 3.63) is 111 Å². The van der Waals surface area contributed by atoms with E-state index in [1.165, 1.54) is 14.2 Å². The van der Waals surface area contributed by atoms with Crippen LogP contribution in [-0.2, 0) is 13.1 Å². The van der Waals surface area contributed by atoms with Gasteiger partial charge in [0, 0.05) is 18.9 Å². The number of nitrogens with one attached hydrogen (secondary N) is 1. The Balaban J connectivity index is 1.78. The van der Waals surface area contributed by atoms with Gasteiger partial charge in [0.05, 0.1) is 26.5 Å². The summed E-state index contributed by atoms with van der Waals surface area (Å²) in [4.78, 5) is 43.6. The lowest BCUT2D eigenvalue weighted by Gasteiger charge is -2.13. The van der Waals surface area contributed by atoms with E-state index in [2.05, 4.69) is 15.4 Å². The lowest BCUT2D eigenvalue weighted by Crippen LogP contribution is -2.46. The van der Waals surface area contributed by atoms with E-state index in [9.17, 15) is 14.4 Å². The van der Waals surface area contributed by atoms with E-state index in [1.54, 1.807) is 73.1 Å². The fourth-order valence-corrected chi connectivity index (χ4v) is 3.41. The number of aromatic nitrogens is 4. The van der Waals surface area contributed by atoms with Crippen molar-refractivity contribution in [1.29, 1.82) is 0 Å². The summed E-state index contributed by atoms with van der Waals surface area (Å²) in [5, 5.41) is 6.80. The number of methoxy groups -OCH3 is 2. The summed E-state index contributed by atoms with van der Waals surface area (Å²) in [5.74, 6) is 0.455. The molecule has 0 fully saturated rings. The molecular formula is C25H23N5O5. The first-order valence-corrected chi connectivity index (χ1v) is 10.7. The minimum atomic E-state index is -0.800. The molecular weight excluding hydrogens is 450 g/mol. The van der Waals surface area contributed by atoms with Crippen LogP contribution in [0.5, 0.6) is 11.5 Å². The van der Waals surface area contributed by atoms with E-state index in [4.69, 9.17) is 9.47 Å². The second-order valence-corrected chi connectivity index (χ2v) is 7.53. The lowest BCUT2D eigenvalue weighted by molar-refractivity contribution is 0.0941. The maximum absolute atomic E-state index is 13.3. The van der Waals surface area contributed by atoms with Gasteiger partial charge in [0.25, 0.3) is 11.5 Å². The number of hydrogen-bond acceptors (Lipinski definition) is 7.